The smallest absolute Gasteiger partial charge is 0.138 e. The molecule has 0 aliphatic rings. The zero-order valence-electron chi connectivity index (χ0n) is 11.5. The highest BCUT2D eigenvalue weighted by atomic mass is 35.5. The minimum absolute atomic E-state index is 0.702. The summed E-state index contributed by atoms with van der Waals surface area (Å²) in [5.74, 6) is 0.810. The number of hydrogen-bond donors (Lipinski definition) is 1. The minimum atomic E-state index is 0.702. The molecule has 1 aromatic carbocycles. The van der Waals surface area contributed by atoms with Crippen LogP contribution in [0.15, 0.2) is 18.2 Å². The van der Waals surface area contributed by atoms with Crippen molar-refractivity contribution in [2.24, 2.45) is 0 Å². The van der Waals surface area contributed by atoms with E-state index in [4.69, 9.17) is 16.3 Å². The first-order chi connectivity index (χ1) is 8.74. The van der Waals surface area contributed by atoms with Crippen LogP contribution in [-0.4, -0.2) is 19.7 Å². The minimum Gasteiger partial charge on any atom is -0.492 e. The first-order valence-corrected chi connectivity index (χ1v) is 7.21. The van der Waals surface area contributed by atoms with Crippen molar-refractivity contribution < 1.29 is 4.74 Å². The number of nitrogens with one attached hydrogen (secondary N) is 1. The third-order valence-electron chi connectivity index (χ3n) is 2.84. The van der Waals surface area contributed by atoms with Gasteiger partial charge in [0.2, 0.25) is 0 Å². The van der Waals surface area contributed by atoms with Crippen LogP contribution in [0.5, 0.6) is 5.75 Å². The van der Waals surface area contributed by atoms with Crippen molar-refractivity contribution in [2.45, 2.75) is 39.5 Å². The van der Waals surface area contributed by atoms with Crippen LogP contribution in [-0.2, 0) is 0 Å². The molecule has 0 heterocycles. The van der Waals surface area contributed by atoms with E-state index >= 15 is 0 Å². The first kappa shape index (κ1) is 15.3. The van der Waals surface area contributed by atoms with Gasteiger partial charge in [0.15, 0.2) is 0 Å². The van der Waals surface area contributed by atoms with Crippen LogP contribution >= 0.6 is 11.6 Å². The Morgan fingerprint density at radius 1 is 1.17 bits per heavy atom. The van der Waals surface area contributed by atoms with Gasteiger partial charge >= 0.3 is 0 Å². The summed E-state index contributed by atoms with van der Waals surface area (Å²) in [6.07, 6.45) is 4.82. The molecule has 18 heavy (non-hydrogen) atoms. The maximum absolute atomic E-state index is 6.06. The SMILES string of the molecule is CCNCCCCCCOc1cc(C)ccc1Cl. The van der Waals surface area contributed by atoms with Crippen molar-refractivity contribution >= 4 is 11.6 Å². The van der Waals surface area contributed by atoms with Crippen molar-refractivity contribution in [3.05, 3.63) is 28.8 Å². The van der Waals surface area contributed by atoms with E-state index in [9.17, 15) is 0 Å². The van der Waals surface area contributed by atoms with Crippen LogP contribution in [0.2, 0.25) is 5.02 Å². The Morgan fingerprint density at radius 3 is 2.72 bits per heavy atom. The third kappa shape index (κ3) is 6.27. The van der Waals surface area contributed by atoms with Gasteiger partial charge < -0.3 is 10.1 Å². The largest absolute Gasteiger partial charge is 0.492 e. The lowest BCUT2D eigenvalue weighted by atomic mass is 10.2. The van der Waals surface area contributed by atoms with Crippen LogP contribution in [0.4, 0.5) is 0 Å². The summed E-state index contributed by atoms with van der Waals surface area (Å²) in [5, 5.41) is 4.03. The van der Waals surface area contributed by atoms with Gasteiger partial charge in [-0.1, -0.05) is 37.4 Å². The molecule has 0 fully saturated rings. The molecule has 0 unspecified atom stereocenters. The Hall–Kier alpha value is -0.730. The fourth-order valence-corrected chi connectivity index (χ4v) is 1.96. The van der Waals surface area contributed by atoms with E-state index in [2.05, 4.69) is 12.2 Å². The van der Waals surface area contributed by atoms with Gasteiger partial charge in [0.05, 0.1) is 11.6 Å². The molecule has 0 aliphatic heterocycles. The standard InChI is InChI=1S/C15H24ClNO/c1-3-17-10-6-4-5-7-11-18-15-12-13(2)8-9-14(15)16/h8-9,12,17H,3-7,10-11H2,1-2H3. The van der Waals surface area contributed by atoms with Crippen molar-refractivity contribution in [1.82, 2.24) is 5.32 Å². The van der Waals surface area contributed by atoms with Crippen LogP contribution in [0.25, 0.3) is 0 Å². The summed E-state index contributed by atoms with van der Waals surface area (Å²) in [6.45, 7) is 7.13. The van der Waals surface area contributed by atoms with E-state index in [-0.39, 0.29) is 0 Å². The number of rotatable bonds is 9. The number of ether oxygens (including phenoxy) is 1. The topological polar surface area (TPSA) is 21.3 Å². The van der Waals surface area contributed by atoms with Gasteiger partial charge in [0.1, 0.15) is 5.75 Å². The molecule has 1 N–H and O–H groups in total. The number of halogens is 1. The third-order valence-corrected chi connectivity index (χ3v) is 3.15. The lowest BCUT2D eigenvalue weighted by Crippen LogP contribution is -2.13. The average molecular weight is 270 g/mol. The van der Waals surface area contributed by atoms with Crippen LogP contribution in [0, 0.1) is 6.92 Å². The Balaban J connectivity index is 2.09. The number of unbranched alkanes of at least 4 members (excludes halogenated alkanes) is 3. The predicted octanol–water partition coefficient (Wildman–Crippen LogP) is 4.20. The van der Waals surface area contributed by atoms with Crippen LogP contribution in [0.3, 0.4) is 0 Å². The van der Waals surface area contributed by atoms with E-state index in [1.807, 2.05) is 25.1 Å². The van der Waals surface area contributed by atoms with E-state index in [1.54, 1.807) is 0 Å². The molecule has 0 spiro atoms. The predicted molar refractivity (Wildman–Crippen MR) is 78.7 cm³/mol. The summed E-state index contributed by atoms with van der Waals surface area (Å²) in [6, 6.07) is 5.88. The molecule has 0 bridgehead atoms. The lowest BCUT2D eigenvalue weighted by Gasteiger charge is -2.08. The molecule has 3 heteroatoms. The van der Waals surface area contributed by atoms with Gasteiger partial charge in [0, 0.05) is 0 Å². The van der Waals surface area contributed by atoms with Crippen molar-refractivity contribution in [3.63, 3.8) is 0 Å². The molecule has 0 amide bonds. The Morgan fingerprint density at radius 2 is 1.94 bits per heavy atom. The van der Waals surface area contributed by atoms with Gasteiger partial charge in [0.25, 0.3) is 0 Å². The van der Waals surface area contributed by atoms with E-state index in [0.29, 0.717) is 5.02 Å². The molecule has 102 valence electrons. The van der Waals surface area contributed by atoms with Crippen molar-refractivity contribution in [3.8, 4) is 5.75 Å². The molecule has 0 atom stereocenters. The maximum Gasteiger partial charge on any atom is 0.138 e. The molecule has 1 rings (SSSR count). The second-order valence-corrected chi connectivity index (χ2v) is 4.96. The molecular formula is C15H24ClNO. The summed E-state index contributed by atoms with van der Waals surface area (Å²) >= 11 is 6.06. The van der Waals surface area contributed by atoms with Gasteiger partial charge in [-0.25, -0.2) is 0 Å². The summed E-state index contributed by atoms with van der Waals surface area (Å²) in [4.78, 5) is 0. The van der Waals surface area contributed by atoms with Crippen LogP contribution < -0.4 is 10.1 Å². The Kier molecular flexibility index (Phi) is 7.86. The number of benzene rings is 1. The monoisotopic (exact) mass is 269 g/mol. The molecule has 0 saturated heterocycles. The zero-order valence-corrected chi connectivity index (χ0v) is 12.2. The van der Waals surface area contributed by atoms with E-state index in [1.165, 1.54) is 24.8 Å². The fourth-order valence-electron chi connectivity index (χ4n) is 1.79. The highest BCUT2D eigenvalue weighted by Crippen LogP contribution is 2.25. The van der Waals surface area contributed by atoms with Gasteiger partial charge in [-0.05, 0) is 50.6 Å². The van der Waals surface area contributed by atoms with Gasteiger partial charge in [-0.2, -0.15) is 0 Å². The maximum atomic E-state index is 6.06. The fraction of sp³-hybridized carbons (Fsp3) is 0.600. The summed E-state index contributed by atoms with van der Waals surface area (Å²) in [7, 11) is 0. The molecular weight excluding hydrogens is 246 g/mol. The second-order valence-electron chi connectivity index (χ2n) is 4.55. The van der Waals surface area contributed by atoms with E-state index in [0.717, 1.165) is 31.9 Å². The Bertz CT molecular complexity index is 341. The molecule has 0 aromatic heterocycles. The molecule has 0 saturated carbocycles. The number of aryl methyl sites for hydroxylation is 1. The van der Waals surface area contributed by atoms with Crippen molar-refractivity contribution in [2.75, 3.05) is 19.7 Å². The molecule has 0 aliphatic carbocycles. The quantitative estimate of drug-likeness (QED) is 0.679. The molecule has 1 aromatic rings. The van der Waals surface area contributed by atoms with Gasteiger partial charge in [-0.15, -0.1) is 0 Å². The lowest BCUT2D eigenvalue weighted by molar-refractivity contribution is 0.304. The Labute approximate surface area is 116 Å². The summed E-state index contributed by atoms with van der Waals surface area (Å²) < 4.78 is 5.70. The first-order valence-electron chi connectivity index (χ1n) is 6.83. The summed E-state index contributed by atoms with van der Waals surface area (Å²) in [5.41, 5.74) is 1.18. The van der Waals surface area contributed by atoms with Crippen molar-refractivity contribution in [1.29, 1.82) is 0 Å². The zero-order chi connectivity index (χ0) is 13.2. The van der Waals surface area contributed by atoms with Gasteiger partial charge in [-0.3, -0.25) is 0 Å². The highest BCUT2D eigenvalue weighted by molar-refractivity contribution is 6.32. The average Bonchev–Trinajstić information content (AvgIpc) is 2.36. The molecule has 2 nitrogen and oxygen atoms in total. The number of hydrogen-bond acceptors (Lipinski definition) is 2. The highest BCUT2D eigenvalue weighted by Gasteiger charge is 2.01. The van der Waals surface area contributed by atoms with E-state index < -0.39 is 0 Å². The molecule has 0 radical (unpaired) electrons. The second kappa shape index (κ2) is 9.23. The van der Waals surface area contributed by atoms with Crippen LogP contribution in [0.1, 0.15) is 38.2 Å². The normalized spacial score (nSPS) is 10.6.